The van der Waals surface area contributed by atoms with Gasteiger partial charge in [0.2, 0.25) is 0 Å². The molecule has 172 valence electrons. The Morgan fingerprint density at radius 3 is 1.82 bits per heavy atom. The van der Waals surface area contributed by atoms with E-state index in [1.54, 1.807) is 0 Å². The Bertz CT molecular complexity index is 1200. The second kappa shape index (κ2) is 11.7. The fourth-order valence-electron chi connectivity index (χ4n) is 3.67. The highest BCUT2D eigenvalue weighted by molar-refractivity contribution is 8.08. The maximum atomic E-state index is 5.95. The highest BCUT2D eigenvalue weighted by atomic mass is 32.2. The van der Waals surface area contributed by atoms with E-state index in [2.05, 4.69) is 135 Å². The van der Waals surface area contributed by atoms with E-state index in [0.717, 1.165) is 12.3 Å². The van der Waals surface area contributed by atoms with Crippen molar-refractivity contribution in [1.82, 2.24) is 4.90 Å². The lowest BCUT2D eigenvalue weighted by atomic mass is 9.95. The molecule has 2 nitrogen and oxygen atoms in total. The molecule has 0 aliphatic rings. The van der Waals surface area contributed by atoms with Crippen LogP contribution in [0.15, 0.2) is 114 Å². The van der Waals surface area contributed by atoms with E-state index < -0.39 is 0 Å². The second-order valence-electron chi connectivity index (χ2n) is 8.53. The lowest BCUT2D eigenvalue weighted by molar-refractivity contribution is 0.261. The van der Waals surface area contributed by atoms with Gasteiger partial charge in [-0.1, -0.05) is 102 Å². The maximum Gasteiger partial charge on any atom is 0.119 e. The van der Waals surface area contributed by atoms with E-state index >= 15 is 0 Å². The van der Waals surface area contributed by atoms with Crippen molar-refractivity contribution >= 4 is 22.2 Å². The predicted molar refractivity (Wildman–Crippen MR) is 146 cm³/mol. The summed E-state index contributed by atoms with van der Waals surface area (Å²) in [7, 11) is 4.11. The van der Waals surface area contributed by atoms with Crippen LogP contribution in [-0.4, -0.2) is 32.1 Å². The minimum absolute atomic E-state index is 0.673. The molecule has 4 rings (SSSR count). The summed E-state index contributed by atoms with van der Waals surface area (Å²) in [5, 5.41) is 0. The molecule has 3 heteroatoms. The number of rotatable bonds is 9. The van der Waals surface area contributed by atoms with Crippen molar-refractivity contribution in [2.45, 2.75) is 11.8 Å². The van der Waals surface area contributed by atoms with Crippen molar-refractivity contribution < 1.29 is 4.74 Å². The third kappa shape index (κ3) is 6.40. The van der Waals surface area contributed by atoms with Crippen LogP contribution < -0.4 is 4.74 Å². The summed E-state index contributed by atoms with van der Waals surface area (Å²) < 4.78 is 5.95. The van der Waals surface area contributed by atoms with Gasteiger partial charge in [-0.15, -0.1) is 0 Å². The van der Waals surface area contributed by atoms with Gasteiger partial charge in [-0.2, -0.15) is 0 Å². The first-order chi connectivity index (χ1) is 16.6. The lowest BCUT2D eigenvalue weighted by Crippen LogP contribution is -2.19. The van der Waals surface area contributed by atoms with Crippen LogP contribution in [0.5, 0.6) is 5.75 Å². The van der Waals surface area contributed by atoms with Crippen LogP contribution in [0.25, 0.3) is 10.5 Å². The first-order valence-corrected chi connectivity index (χ1v) is 12.4. The van der Waals surface area contributed by atoms with Crippen LogP contribution in [0.3, 0.4) is 0 Å². The first kappa shape index (κ1) is 23.9. The molecule has 0 fully saturated rings. The lowest BCUT2D eigenvalue weighted by Gasteiger charge is -2.18. The van der Waals surface area contributed by atoms with Gasteiger partial charge >= 0.3 is 0 Å². The summed E-state index contributed by atoms with van der Waals surface area (Å²) in [6, 6.07) is 38.6. The van der Waals surface area contributed by atoms with Crippen molar-refractivity contribution in [3.63, 3.8) is 0 Å². The zero-order chi connectivity index (χ0) is 23.8. The number of aryl methyl sites for hydroxylation is 1. The largest absolute Gasteiger partial charge is 0.492 e. The number of ether oxygens (including phenoxy) is 1. The average molecular weight is 466 g/mol. The number of benzene rings is 4. The van der Waals surface area contributed by atoms with Gasteiger partial charge in [-0.05, 0) is 62.0 Å². The fourth-order valence-corrected chi connectivity index (χ4v) is 4.77. The van der Waals surface area contributed by atoms with Crippen LogP contribution in [0, 0.1) is 6.92 Å². The third-order valence-electron chi connectivity index (χ3n) is 5.52. The molecule has 0 saturated heterocycles. The van der Waals surface area contributed by atoms with Crippen LogP contribution in [-0.2, 0) is 0 Å². The maximum absolute atomic E-state index is 5.95. The molecule has 0 unspecified atom stereocenters. The average Bonchev–Trinajstić information content (AvgIpc) is 2.87. The zero-order valence-electron chi connectivity index (χ0n) is 20.1. The number of hydrogen-bond acceptors (Lipinski definition) is 3. The highest BCUT2D eigenvalue weighted by Gasteiger charge is 2.16. The Hall–Kier alpha value is -3.27. The van der Waals surface area contributed by atoms with Gasteiger partial charge in [0.1, 0.15) is 12.4 Å². The fraction of sp³-hybridized carbons (Fsp3) is 0.161. The summed E-state index contributed by atoms with van der Waals surface area (Å²) >= 11 is 1.81. The molecule has 0 aliphatic carbocycles. The summed E-state index contributed by atoms with van der Waals surface area (Å²) in [5.74, 6) is 0.894. The van der Waals surface area contributed by atoms with E-state index in [9.17, 15) is 0 Å². The molecule has 0 N–H and O–H groups in total. The van der Waals surface area contributed by atoms with Crippen LogP contribution in [0.1, 0.15) is 22.3 Å². The standard InChI is InChI=1S/C31H31NOS/c1-24-14-20-29(21-15-24)34-31(27-12-8-5-9-13-27)30(25-10-6-4-7-11-25)26-16-18-28(19-17-26)33-23-22-32(2)3/h4-21H,22-23H2,1-3H3/b31-30+. The monoisotopic (exact) mass is 465 g/mol. The van der Waals surface area contributed by atoms with Crippen molar-refractivity contribution in [1.29, 1.82) is 0 Å². The first-order valence-electron chi connectivity index (χ1n) is 11.6. The van der Waals surface area contributed by atoms with Gasteiger partial charge in [0, 0.05) is 21.9 Å². The quantitative estimate of drug-likeness (QED) is 0.186. The Kier molecular flexibility index (Phi) is 8.24. The minimum Gasteiger partial charge on any atom is -0.492 e. The van der Waals surface area contributed by atoms with Crippen molar-refractivity contribution in [2.75, 3.05) is 27.2 Å². The van der Waals surface area contributed by atoms with Crippen molar-refractivity contribution in [3.05, 3.63) is 131 Å². The Morgan fingerprint density at radius 1 is 0.676 bits per heavy atom. The molecule has 0 bridgehead atoms. The predicted octanol–water partition coefficient (Wildman–Crippen LogP) is 7.64. The number of likely N-dealkylation sites (N-methyl/N-ethyl adjacent to an activating group) is 1. The van der Waals surface area contributed by atoms with E-state index in [0.29, 0.717) is 6.61 Å². The molecule has 0 radical (unpaired) electrons. The molecule has 0 saturated carbocycles. The molecule has 0 spiro atoms. The number of nitrogens with zero attached hydrogens (tertiary/aromatic N) is 1. The molecule has 4 aromatic carbocycles. The molecular formula is C31H31NOS. The molecule has 0 aromatic heterocycles. The second-order valence-corrected chi connectivity index (χ2v) is 9.61. The number of thioether (sulfide) groups is 1. The summed E-state index contributed by atoms with van der Waals surface area (Å²) in [5.41, 5.74) is 6.06. The zero-order valence-corrected chi connectivity index (χ0v) is 20.9. The topological polar surface area (TPSA) is 12.5 Å². The highest BCUT2D eigenvalue weighted by Crippen LogP contribution is 2.43. The van der Waals surface area contributed by atoms with Gasteiger partial charge in [0.15, 0.2) is 0 Å². The molecule has 4 aromatic rings. The van der Waals surface area contributed by atoms with E-state index in [1.807, 2.05) is 11.8 Å². The van der Waals surface area contributed by atoms with Gasteiger partial charge in [0.05, 0.1) is 0 Å². The van der Waals surface area contributed by atoms with Gasteiger partial charge in [0.25, 0.3) is 0 Å². The van der Waals surface area contributed by atoms with Gasteiger partial charge < -0.3 is 9.64 Å². The smallest absolute Gasteiger partial charge is 0.119 e. The van der Waals surface area contributed by atoms with Gasteiger partial charge in [-0.25, -0.2) is 0 Å². The van der Waals surface area contributed by atoms with Crippen molar-refractivity contribution in [2.24, 2.45) is 0 Å². The molecule has 0 amide bonds. The van der Waals surface area contributed by atoms with Crippen LogP contribution in [0.2, 0.25) is 0 Å². The van der Waals surface area contributed by atoms with Crippen LogP contribution >= 0.6 is 11.8 Å². The van der Waals surface area contributed by atoms with Gasteiger partial charge in [-0.3, -0.25) is 0 Å². The summed E-state index contributed by atoms with van der Waals surface area (Å²) in [4.78, 5) is 4.58. The summed E-state index contributed by atoms with van der Waals surface area (Å²) in [6.07, 6.45) is 0. The molecule has 0 atom stereocenters. The molecule has 0 heterocycles. The summed E-state index contributed by atoms with van der Waals surface area (Å²) in [6.45, 7) is 3.69. The minimum atomic E-state index is 0.673. The van der Waals surface area contributed by atoms with E-state index in [-0.39, 0.29) is 0 Å². The third-order valence-corrected chi connectivity index (χ3v) is 6.67. The van der Waals surface area contributed by atoms with Crippen LogP contribution in [0.4, 0.5) is 0 Å². The van der Waals surface area contributed by atoms with E-state index in [4.69, 9.17) is 4.74 Å². The Balaban J connectivity index is 1.80. The molecular weight excluding hydrogens is 434 g/mol. The van der Waals surface area contributed by atoms with E-state index in [1.165, 1.54) is 37.6 Å². The Morgan fingerprint density at radius 2 is 1.24 bits per heavy atom. The molecule has 34 heavy (non-hydrogen) atoms. The SMILES string of the molecule is Cc1ccc(S/C(=C(\c2ccccc2)c2ccc(OCCN(C)C)cc2)c2ccccc2)cc1. The Labute approximate surface area is 207 Å². The molecule has 0 aliphatic heterocycles. The number of hydrogen-bond donors (Lipinski definition) is 0. The normalized spacial score (nSPS) is 11.9. The van der Waals surface area contributed by atoms with Crippen molar-refractivity contribution in [3.8, 4) is 5.75 Å².